The van der Waals surface area contributed by atoms with Gasteiger partial charge in [0, 0.05) is 0 Å². The topological polar surface area (TPSA) is 71.1 Å². The monoisotopic (exact) mass is 281 g/mol. The Morgan fingerprint density at radius 3 is 2.48 bits per heavy atom. The molecule has 0 saturated heterocycles. The number of benzene rings is 2. The molecule has 0 unspecified atom stereocenters. The van der Waals surface area contributed by atoms with Gasteiger partial charge in [0.2, 0.25) is 0 Å². The van der Waals surface area contributed by atoms with Crippen molar-refractivity contribution in [2.75, 3.05) is 11.1 Å². The maximum absolute atomic E-state index is 9.27. The van der Waals surface area contributed by atoms with Crippen LogP contribution < -0.4 is 15.8 Å². The summed E-state index contributed by atoms with van der Waals surface area (Å²) in [7, 11) is 0. The van der Waals surface area contributed by atoms with Crippen molar-refractivity contribution in [3.63, 3.8) is 0 Å². The summed E-state index contributed by atoms with van der Waals surface area (Å²) in [4.78, 5) is 0. The van der Waals surface area contributed by atoms with Gasteiger partial charge in [0.15, 0.2) is 0 Å². The molecular weight excluding hydrogens is 262 g/mol. The molecule has 0 heterocycles. The molecule has 0 bridgehead atoms. The van der Waals surface area contributed by atoms with E-state index in [1.807, 2.05) is 57.2 Å². The molecule has 0 saturated carbocycles. The molecule has 0 aliphatic carbocycles. The molecule has 0 aromatic heterocycles. The second-order valence-electron chi connectivity index (χ2n) is 5.12. The van der Waals surface area contributed by atoms with Crippen LogP contribution in [0.15, 0.2) is 36.4 Å². The third-order valence-electron chi connectivity index (χ3n) is 3.08. The summed E-state index contributed by atoms with van der Waals surface area (Å²) in [5.74, 6) is 0.640. The zero-order chi connectivity index (χ0) is 15.4. The summed E-state index contributed by atoms with van der Waals surface area (Å²) in [6.07, 6.45) is 0.0520. The Balaban J connectivity index is 2.37. The van der Waals surface area contributed by atoms with Crippen molar-refractivity contribution in [3.05, 3.63) is 47.5 Å². The van der Waals surface area contributed by atoms with Gasteiger partial charge in [0.05, 0.1) is 28.7 Å². The molecule has 0 aliphatic rings. The first-order valence-corrected chi connectivity index (χ1v) is 6.84. The Morgan fingerprint density at radius 2 is 1.81 bits per heavy atom. The number of anilines is 3. The number of ether oxygens (including phenoxy) is 1. The average Bonchev–Trinajstić information content (AvgIpc) is 2.43. The molecule has 0 fully saturated rings. The lowest BCUT2D eigenvalue weighted by Gasteiger charge is -2.16. The number of aryl methyl sites for hydroxylation is 1. The molecule has 2 aromatic rings. The first-order valence-electron chi connectivity index (χ1n) is 6.84. The molecule has 4 heteroatoms. The van der Waals surface area contributed by atoms with Crippen molar-refractivity contribution < 1.29 is 4.74 Å². The van der Waals surface area contributed by atoms with Crippen LogP contribution in [0, 0.1) is 18.3 Å². The van der Waals surface area contributed by atoms with Crippen LogP contribution >= 0.6 is 0 Å². The first-order chi connectivity index (χ1) is 10.0. The number of hydrogen-bond acceptors (Lipinski definition) is 4. The normalized spacial score (nSPS) is 10.2. The van der Waals surface area contributed by atoms with E-state index in [4.69, 9.17) is 10.5 Å². The fraction of sp³-hybridized carbons (Fsp3) is 0.235. The molecule has 0 radical (unpaired) electrons. The van der Waals surface area contributed by atoms with Crippen LogP contribution in [0.3, 0.4) is 0 Å². The summed E-state index contributed by atoms with van der Waals surface area (Å²) < 4.78 is 5.67. The van der Waals surface area contributed by atoms with Crippen LogP contribution in [-0.4, -0.2) is 6.10 Å². The number of rotatable bonds is 4. The lowest BCUT2D eigenvalue weighted by molar-refractivity contribution is 0.244. The zero-order valence-electron chi connectivity index (χ0n) is 12.5. The van der Waals surface area contributed by atoms with Crippen LogP contribution in [0.5, 0.6) is 5.75 Å². The lowest BCUT2D eigenvalue weighted by atomic mass is 10.1. The highest BCUT2D eigenvalue weighted by Gasteiger charge is 2.10. The van der Waals surface area contributed by atoms with Crippen LogP contribution in [0.2, 0.25) is 0 Å². The van der Waals surface area contributed by atoms with Crippen molar-refractivity contribution in [2.24, 2.45) is 0 Å². The number of nitrogens with one attached hydrogen (secondary N) is 1. The van der Waals surface area contributed by atoms with E-state index in [1.54, 1.807) is 0 Å². The van der Waals surface area contributed by atoms with Gasteiger partial charge >= 0.3 is 0 Å². The van der Waals surface area contributed by atoms with E-state index >= 15 is 0 Å². The smallest absolute Gasteiger partial charge is 0.144 e. The van der Waals surface area contributed by atoms with Gasteiger partial charge in [-0.05, 0) is 44.5 Å². The molecule has 0 atom stereocenters. The second kappa shape index (κ2) is 6.19. The minimum absolute atomic E-state index is 0.0520. The number of nitrogens with two attached hydrogens (primary N) is 1. The SMILES string of the molecule is Cc1cccc(Nc2cccc(OC(C)C)c2N)c1C#N. The van der Waals surface area contributed by atoms with Crippen LogP contribution in [-0.2, 0) is 0 Å². The van der Waals surface area contributed by atoms with E-state index in [1.165, 1.54) is 0 Å². The van der Waals surface area contributed by atoms with E-state index in [0.29, 0.717) is 17.0 Å². The minimum Gasteiger partial charge on any atom is -0.489 e. The average molecular weight is 281 g/mol. The van der Waals surface area contributed by atoms with Crippen molar-refractivity contribution >= 4 is 17.1 Å². The fourth-order valence-electron chi connectivity index (χ4n) is 2.08. The molecule has 108 valence electrons. The van der Waals surface area contributed by atoms with Crippen LogP contribution in [0.25, 0.3) is 0 Å². The van der Waals surface area contributed by atoms with E-state index in [-0.39, 0.29) is 6.10 Å². The van der Waals surface area contributed by atoms with Crippen molar-refractivity contribution in [1.82, 2.24) is 0 Å². The van der Waals surface area contributed by atoms with Crippen LogP contribution in [0.1, 0.15) is 25.0 Å². The molecule has 2 rings (SSSR count). The first kappa shape index (κ1) is 14.7. The van der Waals surface area contributed by atoms with Crippen molar-refractivity contribution in [3.8, 4) is 11.8 Å². The van der Waals surface area contributed by atoms with Crippen LogP contribution in [0.4, 0.5) is 17.1 Å². The quantitative estimate of drug-likeness (QED) is 0.831. The number of para-hydroxylation sites is 1. The Bertz CT molecular complexity index is 687. The molecule has 0 aliphatic heterocycles. The summed E-state index contributed by atoms with van der Waals surface area (Å²) >= 11 is 0. The summed E-state index contributed by atoms with van der Waals surface area (Å²) in [6, 6.07) is 13.5. The predicted molar refractivity (Wildman–Crippen MR) is 85.8 cm³/mol. The predicted octanol–water partition coefficient (Wildman–Crippen LogP) is 3.98. The highest BCUT2D eigenvalue weighted by atomic mass is 16.5. The highest BCUT2D eigenvalue weighted by Crippen LogP contribution is 2.33. The zero-order valence-corrected chi connectivity index (χ0v) is 12.5. The number of hydrogen-bond donors (Lipinski definition) is 2. The third-order valence-corrected chi connectivity index (χ3v) is 3.08. The summed E-state index contributed by atoms with van der Waals surface area (Å²) in [6.45, 7) is 5.81. The third kappa shape index (κ3) is 3.26. The molecular formula is C17H19N3O. The number of nitrogen functional groups attached to an aromatic ring is 1. The number of nitrogens with zero attached hydrogens (tertiary/aromatic N) is 1. The molecule has 0 spiro atoms. The Kier molecular flexibility index (Phi) is 4.34. The van der Waals surface area contributed by atoms with Crippen molar-refractivity contribution in [2.45, 2.75) is 26.9 Å². The van der Waals surface area contributed by atoms with Crippen molar-refractivity contribution in [1.29, 1.82) is 5.26 Å². The van der Waals surface area contributed by atoms with Gasteiger partial charge in [-0.1, -0.05) is 18.2 Å². The lowest BCUT2D eigenvalue weighted by Crippen LogP contribution is -2.08. The fourth-order valence-corrected chi connectivity index (χ4v) is 2.08. The van der Waals surface area contributed by atoms with Gasteiger partial charge in [-0.2, -0.15) is 5.26 Å². The molecule has 0 amide bonds. The van der Waals surface area contributed by atoms with Gasteiger partial charge in [-0.15, -0.1) is 0 Å². The van der Waals surface area contributed by atoms with E-state index in [9.17, 15) is 5.26 Å². The van der Waals surface area contributed by atoms with Gasteiger partial charge in [-0.25, -0.2) is 0 Å². The molecule has 3 N–H and O–H groups in total. The van der Waals surface area contributed by atoms with Gasteiger partial charge in [0.25, 0.3) is 0 Å². The molecule has 4 nitrogen and oxygen atoms in total. The Morgan fingerprint density at radius 1 is 1.14 bits per heavy atom. The minimum atomic E-state index is 0.0520. The van der Waals surface area contributed by atoms with E-state index < -0.39 is 0 Å². The summed E-state index contributed by atoms with van der Waals surface area (Å²) in [5.41, 5.74) is 9.69. The maximum Gasteiger partial charge on any atom is 0.144 e. The molecule has 21 heavy (non-hydrogen) atoms. The standard InChI is InChI=1S/C17H19N3O/c1-11(2)21-16-9-5-8-15(17(16)19)20-14-7-4-6-12(3)13(14)10-18/h4-9,11,20H,19H2,1-3H3. The van der Waals surface area contributed by atoms with Gasteiger partial charge in [-0.3, -0.25) is 0 Å². The Hall–Kier alpha value is -2.67. The molecule has 2 aromatic carbocycles. The summed E-state index contributed by atoms with van der Waals surface area (Å²) in [5, 5.41) is 12.5. The maximum atomic E-state index is 9.27. The number of nitriles is 1. The van der Waals surface area contributed by atoms with E-state index in [2.05, 4.69) is 11.4 Å². The van der Waals surface area contributed by atoms with Gasteiger partial charge in [0.1, 0.15) is 11.8 Å². The van der Waals surface area contributed by atoms with Gasteiger partial charge < -0.3 is 15.8 Å². The largest absolute Gasteiger partial charge is 0.489 e. The Labute approximate surface area is 125 Å². The van der Waals surface area contributed by atoms with E-state index in [0.717, 1.165) is 16.9 Å². The highest BCUT2D eigenvalue weighted by molar-refractivity contribution is 5.79. The second-order valence-corrected chi connectivity index (χ2v) is 5.12.